The van der Waals surface area contributed by atoms with Gasteiger partial charge in [-0.25, -0.2) is 13.1 Å². The van der Waals surface area contributed by atoms with Crippen LogP contribution in [0.3, 0.4) is 0 Å². The molecule has 2 rings (SSSR count). The van der Waals surface area contributed by atoms with Crippen LogP contribution in [0.5, 0.6) is 0 Å². The highest BCUT2D eigenvalue weighted by atomic mass is 32.2. The van der Waals surface area contributed by atoms with E-state index in [0.29, 0.717) is 18.5 Å². The lowest BCUT2D eigenvalue weighted by Crippen LogP contribution is -2.48. The number of carbonyl (C=O) groups is 1. The fraction of sp³-hybridized carbons (Fsp3) is 0.562. The molecular weight excluding hydrogens is 316 g/mol. The summed E-state index contributed by atoms with van der Waals surface area (Å²) in [6.45, 7) is 4.04. The van der Waals surface area contributed by atoms with E-state index in [0.717, 1.165) is 12.8 Å². The van der Waals surface area contributed by atoms with Crippen LogP contribution in [0, 0.1) is 5.41 Å². The molecule has 0 aromatic heterocycles. The third kappa shape index (κ3) is 3.50. The first kappa shape index (κ1) is 17.7. The average Bonchev–Trinajstić information content (AvgIpc) is 2.77. The zero-order valence-electron chi connectivity index (χ0n) is 13.5. The summed E-state index contributed by atoms with van der Waals surface area (Å²) < 4.78 is 33.0. The molecule has 0 aliphatic carbocycles. The smallest absolute Gasteiger partial charge is 0.313 e. The normalized spacial score (nSPS) is 20.4. The number of carbonyl (C=O) groups excluding carboxylic acids is 1. The summed E-state index contributed by atoms with van der Waals surface area (Å²) in [5, 5.41) is 0. The molecule has 0 bridgehead atoms. The molecule has 0 spiro atoms. The number of rotatable bonds is 7. The van der Waals surface area contributed by atoms with Crippen molar-refractivity contribution in [1.29, 1.82) is 0 Å². The summed E-state index contributed by atoms with van der Waals surface area (Å²) in [5.41, 5.74) is 5.32. The van der Waals surface area contributed by atoms with Gasteiger partial charge in [-0.3, -0.25) is 4.79 Å². The van der Waals surface area contributed by atoms with Crippen molar-refractivity contribution in [2.45, 2.75) is 50.5 Å². The minimum atomic E-state index is -3.73. The number of ether oxygens (including phenoxy) is 1. The van der Waals surface area contributed by atoms with Gasteiger partial charge in [0.05, 0.1) is 16.4 Å². The van der Waals surface area contributed by atoms with Crippen LogP contribution in [0.25, 0.3) is 0 Å². The Morgan fingerprint density at radius 3 is 2.30 bits per heavy atom. The molecule has 1 aromatic rings. The van der Waals surface area contributed by atoms with Gasteiger partial charge in [0.25, 0.3) is 0 Å². The predicted octanol–water partition coefficient (Wildman–Crippen LogP) is 2.06. The molecule has 0 saturated carbocycles. The molecular formula is C16H24N2O4S. The zero-order chi connectivity index (χ0) is 17.1. The number of anilines is 1. The number of sulfonamides is 1. The van der Waals surface area contributed by atoms with Gasteiger partial charge in [-0.1, -0.05) is 26.7 Å². The van der Waals surface area contributed by atoms with Gasteiger partial charge >= 0.3 is 5.97 Å². The molecule has 1 aromatic carbocycles. The van der Waals surface area contributed by atoms with Crippen LogP contribution in [0.1, 0.15) is 39.5 Å². The van der Waals surface area contributed by atoms with Crippen molar-refractivity contribution < 1.29 is 17.9 Å². The first-order chi connectivity index (χ1) is 10.9. The summed E-state index contributed by atoms with van der Waals surface area (Å²) in [4.78, 5) is 12.4. The molecule has 128 valence electrons. The van der Waals surface area contributed by atoms with E-state index < -0.39 is 21.5 Å². The molecule has 0 amide bonds. The Balaban J connectivity index is 2.29. The van der Waals surface area contributed by atoms with Gasteiger partial charge < -0.3 is 10.5 Å². The quantitative estimate of drug-likeness (QED) is 0.585. The first-order valence-corrected chi connectivity index (χ1v) is 9.39. The third-order valence-corrected chi connectivity index (χ3v) is 5.82. The third-order valence-electron chi connectivity index (χ3n) is 4.33. The Morgan fingerprint density at radius 1 is 1.22 bits per heavy atom. The topological polar surface area (TPSA) is 98.5 Å². The molecule has 1 atom stereocenters. The highest BCUT2D eigenvalue weighted by molar-refractivity contribution is 7.89. The van der Waals surface area contributed by atoms with Gasteiger partial charge in [0.15, 0.2) is 0 Å². The van der Waals surface area contributed by atoms with E-state index in [2.05, 4.69) is 4.72 Å². The van der Waals surface area contributed by atoms with E-state index in [1.165, 1.54) is 24.3 Å². The van der Waals surface area contributed by atoms with Crippen LogP contribution in [0.15, 0.2) is 29.2 Å². The maximum Gasteiger partial charge on any atom is 0.313 e. The van der Waals surface area contributed by atoms with Crippen molar-refractivity contribution in [3.05, 3.63) is 24.3 Å². The maximum absolute atomic E-state index is 12.6. The van der Waals surface area contributed by atoms with Crippen molar-refractivity contribution in [3.8, 4) is 0 Å². The Kier molecular flexibility index (Phi) is 5.31. The van der Waals surface area contributed by atoms with Crippen LogP contribution in [0.4, 0.5) is 5.69 Å². The number of nitrogens with one attached hydrogen (secondary N) is 1. The molecule has 7 heteroatoms. The fourth-order valence-corrected chi connectivity index (χ4v) is 4.52. The lowest BCUT2D eigenvalue weighted by molar-refractivity contribution is -0.147. The Morgan fingerprint density at radius 2 is 1.78 bits per heavy atom. The van der Waals surface area contributed by atoms with Crippen molar-refractivity contribution in [2.75, 3.05) is 12.3 Å². The molecule has 1 unspecified atom stereocenters. The number of nitrogen functional groups attached to an aromatic ring is 1. The second kappa shape index (κ2) is 6.88. The Hall–Kier alpha value is -1.60. The number of hydrogen-bond donors (Lipinski definition) is 2. The molecule has 0 radical (unpaired) electrons. The van der Waals surface area contributed by atoms with Crippen LogP contribution in [0.2, 0.25) is 0 Å². The van der Waals surface area contributed by atoms with E-state index in [9.17, 15) is 13.2 Å². The Labute approximate surface area is 137 Å². The van der Waals surface area contributed by atoms with Crippen molar-refractivity contribution in [3.63, 3.8) is 0 Å². The van der Waals surface area contributed by atoms with Crippen molar-refractivity contribution in [2.24, 2.45) is 5.41 Å². The Bertz CT molecular complexity index is 649. The summed E-state index contributed by atoms with van der Waals surface area (Å²) in [6.07, 6.45) is 2.79. The average molecular weight is 340 g/mol. The summed E-state index contributed by atoms with van der Waals surface area (Å²) in [6, 6.07) is 5.44. The van der Waals surface area contributed by atoms with E-state index in [1.807, 2.05) is 13.8 Å². The van der Waals surface area contributed by atoms with Crippen LogP contribution in [-0.2, 0) is 19.6 Å². The number of nitrogens with two attached hydrogens (primary N) is 1. The fourth-order valence-electron chi connectivity index (χ4n) is 3.22. The van der Waals surface area contributed by atoms with Gasteiger partial charge in [0, 0.05) is 5.69 Å². The van der Waals surface area contributed by atoms with Crippen molar-refractivity contribution >= 4 is 21.7 Å². The second-order valence-electron chi connectivity index (χ2n) is 6.00. The summed E-state index contributed by atoms with van der Waals surface area (Å²) in [5.74, 6) is -0.300. The van der Waals surface area contributed by atoms with Gasteiger partial charge in [0.1, 0.15) is 6.61 Å². The van der Waals surface area contributed by atoms with Crippen LogP contribution >= 0.6 is 0 Å². The molecule has 1 aliphatic rings. The van der Waals surface area contributed by atoms with E-state index >= 15 is 0 Å². The number of hydrogen-bond acceptors (Lipinski definition) is 5. The van der Waals surface area contributed by atoms with Gasteiger partial charge in [-0.2, -0.15) is 0 Å². The minimum Gasteiger partial charge on any atom is -0.463 e. The molecule has 1 heterocycles. The van der Waals surface area contributed by atoms with Crippen LogP contribution in [-0.4, -0.2) is 27.0 Å². The molecule has 1 aliphatic heterocycles. The summed E-state index contributed by atoms with van der Waals surface area (Å²) >= 11 is 0. The SMILES string of the molecule is CCCC1(CCC)C(=O)OCC1NS(=O)(=O)c1ccc(N)cc1. The maximum atomic E-state index is 12.6. The molecule has 1 fully saturated rings. The largest absolute Gasteiger partial charge is 0.463 e. The predicted molar refractivity (Wildman–Crippen MR) is 88.2 cm³/mol. The summed E-state index contributed by atoms with van der Waals surface area (Å²) in [7, 11) is -3.73. The standard InChI is InChI=1S/C16H24N2O4S/c1-3-9-16(10-4-2)14(11-22-15(16)19)18-23(20,21)13-7-5-12(17)6-8-13/h5-8,14,18H,3-4,9-11,17H2,1-2H3. The molecule has 1 saturated heterocycles. The van der Waals surface area contributed by atoms with Crippen LogP contribution < -0.4 is 10.5 Å². The van der Waals surface area contributed by atoms with Crippen molar-refractivity contribution in [1.82, 2.24) is 4.72 Å². The second-order valence-corrected chi connectivity index (χ2v) is 7.71. The first-order valence-electron chi connectivity index (χ1n) is 7.91. The van der Waals surface area contributed by atoms with E-state index in [1.54, 1.807) is 0 Å². The van der Waals surface area contributed by atoms with Gasteiger partial charge in [0.2, 0.25) is 10.0 Å². The number of cyclic esters (lactones) is 1. The van der Waals surface area contributed by atoms with Gasteiger partial charge in [-0.05, 0) is 37.1 Å². The minimum absolute atomic E-state index is 0.0764. The molecule has 23 heavy (non-hydrogen) atoms. The lowest BCUT2D eigenvalue weighted by atomic mass is 9.75. The zero-order valence-corrected chi connectivity index (χ0v) is 14.4. The molecule has 3 N–H and O–H groups in total. The highest BCUT2D eigenvalue weighted by Crippen LogP contribution is 2.40. The van der Waals surface area contributed by atoms with Gasteiger partial charge in [-0.15, -0.1) is 0 Å². The van der Waals surface area contributed by atoms with E-state index in [-0.39, 0.29) is 17.5 Å². The highest BCUT2D eigenvalue weighted by Gasteiger charge is 2.52. The number of benzene rings is 1. The lowest BCUT2D eigenvalue weighted by Gasteiger charge is -2.30. The van der Waals surface area contributed by atoms with E-state index in [4.69, 9.17) is 10.5 Å². The monoisotopic (exact) mass is 340 g/mol. The number of esters is 1. The molecule has 6 nitrogen and oxygen atoms in total.